The van der Waals surface area contributed by atoms with Gasteiger partial charge in [0.25, 0.3) is 0 Å². The van der Waals surface area contributed by atoms with E-state index in [0.717, 1.165) is 0 Å². The molecule has 0 aromatic carbocycles. The molecule has 0 spiro atoms. The van der Waals surface area contributed by atoms with Crippen LogP contribution in [-0.2, 0) is 21.7 Å². The van der Waals surface area contributed by atoms with E-state index in [-0.39, 0.29) is 73.8 Å². The van der Waals surface area contributed by atoms with Crippen LogP contribution in [0.4, 0.5) is 0 Å². The molecule has 0 atom stereocenters. The summed E-state index contributed by atoms with van der Waals surface area (Å²) in [5.41, 5.74) is 0. The van der Waals surface area contributed by atoms with E-state index in [1.54, 1.807) is 0 Å². The number of hydrogen-bond donors (Lipinski definition) is 0. The van der Waals surface area contributed by atoms with E-state index < -0.39 is 0 Å². The standard InChI is InChI=1S/3Al.Ti. The van der Waals surface area contributed by atoms with Crippen molar-refractivity contribution in [2.24, 2.45) is 0 Å². The van der Waals surface area contributed by atoms with E-state index >= 15 is 0 Å². The average Bonchev–Trinajstić information content (AvgIpc) is 0. The molecule has 0 rings (SSSR count). The summed E-state index contributed by atoms with van der Waals surface area (Å²) in [6, 6.07) is 0. The van der Waals surface area contributed by atoms with Gasteiger partial charge in [0, 0.05) is 73.8 Å². The van der Waals surface area contributed by atoms with Gasteiger partial charge in [-0.15, -0.1) is 0 Å². The van der Waals surface area contributed by atoms with Crippen molar-refractivity contribution < 1.29 is 21.7 Å². The maximum absolute atomic E-state index is 0. The van der Waals surface area contributed by atoms with Crippen LogP contribution in [0.25, 0.3) is 0 Å². The molecule has 0 saturated carbocycles. The molecule has 13 valence electrons. The Kier molecular flexibility index (Phi) is 154. The van der Waals surface area contributed by atoms with Crippen LogP contribution in [-0.4, -0.2) is 52.1 Å². The van der Waals surface area contributed by atoms with Gasteiger partial charge in [-0.25, -0.2) is 0 Å². The summed E-state index contributed by atoms with van der Waals surface area (Å²) in [6.07, 6.45) is 0. The van der Waals surface area contributed by atoms with E-state index in [9.17, 15) is 0 Å². The molecule has 0 fully saturated rings. The third kappa shape index (κ3) is 8.85. The average molecular weight is 129 g/mol. The summed E-state index contributed by atoms with van der Waals surface area (Å²) in [6.45, 7) is 0. The number of hydrogen-bond acceptors (Lipinski definition) is 0. The van der Waals surface area contributed by atoms with Crippen molar-refractivity contribution in [3.05, 3.63) is 0 Å². The first-order valence-electron chi connectivity index (χ1n) is 0. The van der Waals surface area contributed by atoms with E-state index in [4.69, 9.17) is 0 Å². The SMILES string of the molecule is [Al].[Al].[Al].[Ti]. The Hall–Kier alpha value is 2.31. The molecule has 0 amide bonds. The Balaban J connectivity index is 0. The molecule has 0 aromatic rings. The predicted octanol–water partition coefficient (Wildman–Crippen LogP) is -1.14. The van der Waals surface area contributed by atoms with Gasteiger partial charge in [0.1, 0.15) is 0 Å². The molecule has 9 radical (unpaired) electrons. The summed E-state index contributed by atoms with van der Waals surface area (Å²) < 4.78 is 0. The third-order valence-corrected chi connectivity index (χ3v) is 0. The van der Waals surface area contributed by atoms with Crippen LogP contribution >= 0.6 is 0 Å². The molecule has 0 unspecified atom stereocenters. The Morgan fingerprint density at radius 2 is 0.500 bits per heavy atom. The van der Waals surface area contributed by atoms with Crippen LogP contribution in [0.15, 0.2) is 0 Å². The minimum Gasteiger partial charge on any atom is 0 e. The van der Waals surface area contributed by atoms with Gasteiger partial charge in [0.15, 0.2) is 0 Å². The van der Waals surface area contributed by atoms with Gasteiger partial charge < -0.3 is 0 Å². The van der Waals surface area contributed by atoms with E-state index in [1.807, 2.05) is 0 Å². The summed E-state index contributed by atoms with van der Waals surface area (Å²) >= 11 is 0. The van der Waals surface area contributed by atoms with Gasteiger partial charge >= 0.3 is 0 Å². The first kappa shape index (κ1) is 33.3. The zero-order valence-corrected chi connectivity index (χ0v) is 7.26. The van der Waals surface area contributed by atoms with Crippen LogP contribution in [0.1, 0.15) is 0 Å². The molecule has 0 N–H and O–H groups in total. The van der Waals surface area contributed by atoms with Crippen molar-refractivity contribution in [1.82, 2.24) is 0 Å². The largest absolute Gasteiger partial charge is 0 e. The molecule has 0 heterocycles. The van der Waals surface area contributed by atoms with Crippen LogP contribution < -0.4 is 0 Å². The fraction of sp³-hybridized carbons (Fsp3) is 0. The molecule has 4 heavy (non-hydrogen) atoms. The first-order chi connectivity index (χ1) is 0. The van der Waals surface area contributed by atoms with Gasteiger partial charge in [-0.05, 0) is 0 Å². The van der Waals surface area contributed by atoms with Crippen molar-refractivity contribution in [2.75, 3.05) is 0 Å². The van der Waals surface area contributed by atoms with E-state index in [2.05, 4.69) is 0 Å². The first-order valence-corrected chi connectivity index (χ1v) is 0. The summed E-state index contributed by atoms with van der Waals surface area (Å²) in [7, 11) is 0. The summed E-state index contributed by atoms with van der Waals surface area (Å²) in [4.78, 5) is 0. The Bertz CT molecular complexity index is 3.25. The van der Waals surface area contributed by atoms with Crippen LogP contribution in [0.3, 0.4) is 0 Å². The molecule has 0 nitrogen and oxygen atoms in total. The Labute approximate surface area is 73.0 Å². The van der Waals surface area contributed by atoms with Crippen molar-refractivity contribution in [3.8, 4) is 0 Å². The van der Waals surface area contributed by atoms with Crippen LogP contribution in [0.5, 0.6) is 0 Å². The van der Waals surface area contributed by atoms with E-state index in [0.29, 0.717) is 0 Å². The van der Waals surface area contributed by atoms with Crippen LogP contribution in [0, 0.1) is 0 Å². The van der Waals surface area contributed by atoms with Crippen molar-refractivity contribution in [3.63, 3.8) is 0 Å². The maximum Gasteiger partial charge on any atom is 0 e. The van der Waals surface area contributed by atoms with Gasteiger partial charge in [-0.1, -0.05) is 0 Å². The second-order valence-electron chi connectivity index (χ2n) is 0. The summed E-state index contributed by atoms with van der Waals surface area (Å²) in [5.74, 6) is 0. The molecule has 4 heteroatoms. The van der Waals surface area contributed by atoms with Gasteiger partial charge in [0.2, 0.25) is 0 Å². The second-order valence-corrected chi connectivity index (χ2v) is 0. The minimum absolute atomic E-state index is 0. The molecular formula is Al3Ti. The molecule has 0 saturated heterocycles. The van der Waals surface area contributed by atoms with Crippen molar-refractivity contribution in [1.29, 1.82) is 0 Å². The van der Waals surface area contributed by atoms with E-state index in [1.165, 1.54) is 0 Å². The molecule has 0 aliphatic heterocycles. The second kappa shape index (κ2) is 18.5. The molecule has 0 bridgehead atoms. The third-order valence-electron chi connectivity index (χ3n) is 0. The molecule has 0 aliphatic rings. The Morgan fingerprint density at radius 3 is 0.500 bits per heavy atom. The quantitative estimate of drug-likeness (QED) is 0.362. The smallest absolute Gasteiger partial charge is 0 e. The zero-order valence-electron chi connectivity index (χ0n) is 2.23. The van der Waals surface area contributed by atoms with Gasteiger partial charge in [0.05, 0.1) is 0 Å². The maximum atomic E-state index is 0. The summed E-state index contributed by atoms with van der Waals surface area (Å²) in [5, 5.41) is 0. The fourth-order valence-corrected chi connectivity index (χ4v) is 0. The van der Waals surface area contributed by atoms with Crippen LogP contribution in [0.2, 0.25) is 0 Å². The normalized spacial score (nSPS) is 0. The topological polar surface area (TPSA) is 0 Å². The molecular weight excluding hydrogens is 129 g/mol. The Morgan fingerprint density at radius 1 is 0.500 bits per heavy atom. The monoisotopic (exact) mass is 129 g/mol. The number of rotatable bonds is 0. The molecule has 0 aromatic heterocycles. The van der Waals surface area contributed by atoms with Gasteiger partial charge in [-0.2, -0.15) is 0 Å². The molecule has 0 aliphatic carbocycles. The van der Waals surface area contributed by atoms with Crippen molar-refractivity contribution >= 4 is 52.1 Å². The zero-order chi connectivity index (χ0) is 0. The fourth-order valence-electron chi connectivity index (χ4n) is 0. The van der Waals surface area contributed by atoms with Crippen molar-refractivity contribution in [2.45, 2.75) is 0 Å². The van der Waals surface area contributed by atoms with Gasteiger partial charge in [-0.3, -0.25) is 0 Å². The minimum atomic E-state index is 0. The predicted molar refractivity (Wildman–Crippen MR) is 17.3 cm³/mol.